The average Bonchev–Trinajstić information content (AvgIpc) is 3.20. The van der Waals surface area contributed by atoms with Crippen molar-refractivity contribution in [3.63, 3.8) is 0 Å². The van der Waals surface area contributed by atoms with Crippen LogP contribution in [0.5, 0.6) is 0 Å². The van der Waals surface area contributed by atoms with Crippen LogP contribution in [-0.2, 0) is 23.9 Å². The lowest BCUT2D eigenvalue weighted by Gasteiger charge is -2.21. The highest BCUT2D eigenvalue weighted by molar-refractivity contribution is 6.07. The van der Waals surface area contributed by atoms with Gasteiger partial charge in [-0.1, -0.05) is 25.7 Å². The summed E-state index contributed by atoms with van der Waals surface area (Å²) in [6.07, 6.45) is 7.40. The fourth-order valence-corrected chi connectivity index (χ4v) is 4.27. The van der Waals surface area contributed by atoms with Crippen molar-refractivity contribution in [1.29, 1.82) is 0 Å². The summed E-state index contributed by atoms with van der Waals surface area (Å²) in [6, 6.07) is -0.821. The predicted molar refractivity (Wildman–Crippen MR) is 88.1 cm³/mol. The molecular formula is C18H26N2O5. The quantitative estimate of drug-likeness (QED) is 0.593. The zero-order chi connectivity index (χ0) is 18.0. The number of nitrogens with one attached hydrogen (secondary N) is 1. The number of carbonyl (C=O) groups excluding carboxylic acids is 4. The van der Waals surface area contributed by atoms with Crippen molar-refractivity contribution in [3.8, 4) is 0 Å². The molecule has 7 heteroatoms. The van der Waals surface area contributed by atoms with E-state index >= 15 is 0 Å². The van der Waals surface area contributed by atoms with Crippen LogP contribution in [0, 0.1) is 11.8 Å². The van der Waals surface area contributed by atoms with Crippen molar-refractivity contribution in [2.24, 2.45) is 11.8 Å². The number of hydrogen-bond acceptors (Lipinski definition) is 5. The molecule has 7 nitrogen and oxygen atoms in total. The first-order chi connectivity index (χ1) is 12.0. The molecule has 0 aromatic carbocycles. The first kappa shape index (κ1) is 17.9. The second kappa shape index (κ2) is 7.54. The summed E-state index contributed by atoms with van der Waals surface area (Å²) in [5, 5.41) is 2.84. The molecule has 2 aliphatic carbocycles. The third-order valence-corrected chi connectivity index (χ3v) is 5.67. The fraction of sp³-hybridized carbons (Fsp3) is 0.778. The van der Waals surface area contributed by atoms with Gasteiger partial charge in [0.25, 0.3) is 5.91 Å². The molecule has 3 atom stereocenters. The molecule has 0 unspecified atom stereocenters. The van der Waals surface area contributed by atoms with E-state index in [2.05, 4.69) is 5.32 Å². The second-order valence-electron chi connectivity index (χ2n) is 7.38. The van der Waals surface area contributed by atoms with Crippen LogP contribution in [0.1, 0.15) is 58.3 Å². The SMILES string of the molecule is C[C@@H](C(=O)OCC(=O)NC1CCCC1)N1C(=O)[C@H]2CCCC[C@@H]2C1=O. The number of esters is 1. The molecule has 3 amide bonds. The highest BCUT2D eigenvalue weighted by Crippen LogP contribution is 2.38. The van der Waals surface area contributed by atoms with Gasteiger partial charge in [0.15, 0.2) is 6.61 Å². The van der Waals surface area contributed by atoms with Gasteiger partial charge >= 0.3 is 5.97 Å². The molecule has 0 radical (unpaired) electrons. The van der Waals surface area contributed by atoms with Gasteiger partial charge in [0.2, 0.25) is 11.8 Å². The molecular weight excluding hydrogens is 324 g/mol. The first-order valence-corrected chi connectivity index (χ1v) is 9.32. The summed E-state index contributed by atoms with van der Waals surface area (Å²) in [6.45, 7) is 1.12. The number of nitrogens with zero attached hydrogens (tertiary/aromatic N) is 1. The van der Waals surface area contributed by atoms with Gasteiger partial charge in [-0.15, -0.1) is 0 Å². The summed E-state index contributed by atoms with van der Waals surface area (Å²) in [4.78, 5) is 50.1. The summed E-state index contributed by atoms with van der Waals surface area (Å²) in [5.41, 5.74) is 0. The van der Waals surface area contributed by atoms with E-state index in [1.54, 1.807) is 0 Å². The largest absolute Gasteiger partial charge is 0.454 e. The molecule has 138 valence electrons. The number of hydrogen-bond donors (Lipinski definition) is 1. The van der Waals surface area contributed by atoms with Crippen molar-refractivity contribution in [3.05, 3.63) is 0 Å². The van der Waals surface area contributed by atoms with E-state index in [0.717, 1.165) is 43.4 Å². The standard InChI is InChI=1S/C18H26N2O5/c1-11(18(24)25-10-15(21)19-12-6-2-3-7-12)20-16(22)13-8-4-5-9-14(13)17(20)23/h11-14H,2-10H2,1H3,(H,19,21)/t11-,13-,14-/m0/s1. The Morgan fingerprint density at radius 3 is 2.12 bits per heavy atom. The van der Waals surface area contributed by atoms with Crippen LogP contribution in [-0.4, -0.2) is 47.3 Å². The number of amides is 3. The van der Waals surface area contributed by atoms with Crippen molar-refractivity contribution in [1.82, 2.24) is 10.2 Å². The van der Waals surface area contributed by atoms with Crippen LogP contribution < -0.4 is 5.32 Å². The van der Waals surface area contributed by atoms with Crippen LogP contribution >= 0.6 is 0 Å². The summed E-state index contributed by atoms with van der Waals surface area (Å²) >= 11 is 0. The van der Waals surface area contributed by atoms with E-state index in [4.69, 9.17) is 4.74 Å². The van der Waals surface area contributed by atoms with Crippen molar-refractivity contribution < 1.29 is 23.9 Å². The van der Waals surface area contributed by atoms with Gasteiger partial charge in [0.05, 0.1) is 11.8 Å². The predicted octanol–water partition coefficient (Wildman–Crippen LogP) is 1.15. The maximum Gasteiger partial charge on any atom is 0.329 e. The van der Waals surface area contributed by atoms with E-state index in [1.165, 1.54) is 6.92 Å². The number of likely N-dealkylation sites (tertiary alicyclic amines) is 1. The van der Waals surface area contributed by atoms with Crippen molar-refractivity contribution in [2.45, 2.75) is 70.4 Å². The molecule has 0 aromatic rings. The molecule has 3 rings (SSSR count). The Morgan fingerprint density at radius 2 is 1.56 bits per heavy atom. The van der Waals surface area contributed by atoms with Crippen LogP contribution in [0.2, 0.25) is 0 Å². The van der Waals surface area contributed by atoms with Crippen molar-refractivity contribution in [2.75, 3.05) is 6.61 Å². The lowest BCUT2D eigenvalue weighted by Crippen LogP contribution is -2.45. The minimum absolute atomic E-state index is 0.161. The molecule has 3 aliphatic rings. The van der Waals surface area contributed by atoms with Gasteiger partial charge in [-0.3, -0.25) is 19.3 Å². The number of imide groups is 1. The molecule has 1 aliphatic heterocycles. The minimum atomic E-state index is -0.982. The van der Waals surface area contributed by atoms with Gasteiger partial charge in [0.1, 0.15) is 6.04 Å². The highest BCUT2D eigenvalue weighted by atomic mass is 16.5. The lowest BCUT2D eigenvalue weighted by atomic mass is 9.81. The third kappa shape index (κ3) is 3.70. The molecule has 3 fully saturated rings. The maximum atomic E-state index is 12.5. The Hall–Kier alpha value is -1.92. The molecule has 25 heavy (non-hydrogen) atoms. The molecule has 1 N–H and O–H groups in total. The van der Waals surface area contributed by atoms with E-state index in [0.29, 0.717) is 12.8 Å². The molecule has 1 heterocycles. The summed E-state index contributed by atoms with van der Waals surface area (Å²) in [7, 11) is 0. The Kier molecular flexibility index (Phi) is 5.39. The van der Waals surface area contributed by atoms with E-state index in [-0.39, 0.29) is 42.2 Å². The molecule has 1 saturated heterocycles. The van der Waals surface area contributed by atoms with Crippen LogP contribution in [0.3, 0.4) is 0 Å². The number of carbonyl (C=O) groups is 4. The fourth-order valence-electron chi connectivity index (χ4n) is 4.27. The van der Waals surface area contributed by atoms with Gasteiger partial charge < -0.3 is 10.1 Å². The van der Waals surface area contributed by atoms with Gasteiger partial charge in [-0.05, 0) is 32.6 Å². The number of fused-ring (bicyclic) bond motifs is 1. The van der Waals surface area contributed by atoms with Crippen LogP contribution in [0.15, 0.2) is 0 Å². The monoisotopic (exact) mass is 350 g/mol. The van der Waals surface area contributed by atoms with Crippen molar-refractivity contribution >= 4 is 23.7 Å². The first-order valence-electron chi connectivity index (χ1n) is 9.32. The van der Waals surface area contributed by atoms with Gasteiger partial charge in [-0.25, -0.2) is 4.79 Å². The zero-order valence-electron chi connectivity index (χ0n) is 14.7. The summed E-state index contributed by atoms with van der Waals surface area (Å²) < 4.78 is 5.04. The lowest BCUT2D eigenvalue weighted by molar-refractivity contribution is -0.159. The average molecular weight is 350 g/mol. The van der Waals surface area contributed by atoms with E-state index < -0.39 is 12.0 Å². The number of rotatable bonds is 5. The topological polar surface area (TPSA) is 92.8 Å². The van der Waals surface area contributed by atoms with Gasteiger partial charge in [0, 0.05) is 6.04 Å². The normalized spacial score (nSPS) is 28.0. The summed E-state index contributed by atoms with van der Waals surface area (Å²) in [5.74, 6) is -2.16. The second-order valence-corrected chi connectivity index (χ2v) is 7.38. The Labute approximate surface area is 147 Å². The zero-order valence-corrected chi connectivity index (χ0v) is 14.7. The van der Waals surface area contributed by atoms with Crippen LogP contribution in [0.25, 0.3) is 0 Å². The highest BCUT2D eigenvalue weighted by Gasteiger charge is 2.51. The van der Waals surface area contributed by atoms with Crippen LogP contribution in [0.4, 0.5) is 0 Å². The minimum Gasteiger partial charge on any atom is -0.454 e. The smallest absolute Gasteiger partial charge is 0.329 e. The molecule has 2 saturated carbocycles. The van der Waals surface area contributed by atoms with E-state index in [9.17, 15) is 19.2 Å². The Morgan fingerprint density at radius 1 is 1.04 bits per heavy atom. The molecule has 0 aromatic heterocycles. The van der Waals surface area contributed by atoms with Gasteiger partial charge in [-0.2, -0.15) is 0 Å². The molecule has 0 spiro atoms. The van der Waals surface area contributed by atoms with E-state index in [1.807, 2.05) is 0 Å². The Balaban J connectivity index is 1.52. The number of ether oxygens (including phenoxy) is 1. The molecule has 0 bridgehead atoms. The Bertz CT molecular complexity index is 546. The third-order valence-electron chi connectivity index (χ3n) is 5.67. The maximum absolute atomic E-state index is 12.5.